The fraction of sp³-hybridized carbons (Fsp3) is 0.400. The van der Waals surface area contributed by atoms with Gasteiger partial charge >= 0.3 is 0 Å². The molecule has 3 aliphatic heterocycles. The predicted octanol–water partition coefficient (Wildman–Crippen LogP) is 0.122. The molecule has 2 fully saturated rings. The molecule has 3 aliphatic rings. The number of halogens is 1. The normalized spacial score (nSPS) is 22.7. The van der Waals surface area contributed by atoms with Gasteiger partial charge in [-0.2, -0.15) is 0 Å². The van der Waals surface area contributed by atoms with Crippen LogP contribution in [0.2, 0.25) is 0 Å². The fourth-order valence-corrected chi connectivity index (χ4v) is 4.94. The second-order valence-corrected chi connectivity index (χ2v) is 9.42. The summed E-state index contributed by atoms with van der Waals surface area (Å²) < 4.78 is 20.2. The molecule has 192 valence electrons. The summed E-state index contributed by atoms with van der Waals surface area (Å²) >= 11 is 0. The molecule has 2 aromatic carbocycles. The van der Waals surface area contributed by atoms with Crippen molar-refractivity contribution in [3.63, 3.8) is 0 Å². The van der Waals surface area contributed by atoms with Crippen molar-refractivity contribution in [2.45, 2.75) is 37.3 Å². The monoisotopic (exact) mass is 508 g/mol. The molecular weight excluding hydrogens is 482 g/mol. The number of fused-ring (bicyclic) bond motifs is 1. The average molecular weight is 508 g/mol. The smallest absolute Gasteiger partial charge is 0.254 e. The van der Waals surface area contributed by atoms with Gasteiger partial charge in [0.05, 0.1) is 18.7 Å². The summed E-state index contributed by atoms with van der Waals surface area (Å²) in [6, 6.07) is 9.05. The number of imide groups is 1. The number of anilines is 1. The number of nitrogens with one attached hydrogen (secondary N) is 2. The molecular formula is C25H26BFN4O6. The molecule has 3 heterocycles. The van der Waals surface area contributed by atoms with Crippen LogP contribution in [0.1, 0.15) is 39.9 Å². The number of hydrogen-bond acceptors (Lipinski definition) is 8. The summed E-state index contributed by atoms with van der Waals surface area (Å²) in [5.74, 6) is -4.53. The zero-order valence-corrected chi connectivity index (χ0v) is 20.0. The van der Waals surface area contributed by atoms with Gasteiger partial charge in [-0.25, -0.2) is 9.29 Å². The number of ether oxygens (including phenoxy) is 1. The van der Waals surface area contributed by atoms with Gasteiger partial charge in [0.2, 0.25) is 11.8 Å². The van der Waals surface area contributed by atoms with Gasteiger partial charge < -0.3 is 25.2 Å². The Morgan fingerprint density at radius 3 is 2.62 bits per heavy atom. The molecule has 0 bridgehead atoms. The SMILES string of the molecule is [B]C1(N2Cc3c(NCc4ccc(C(O)(O)N5CCOCC5)cc4F)cccc3C2=O)CCC(=O)NC1=O. The van der Waals surface area contributed by atoms with Gasteiger partial charge in [-0.3, -0.25) is 19.7 Å². The van der Waals surface area contributed by atoms with E-state index in [-0.39, 0.29) is 37.1 Å². The van der Waals surface area contributed by atoms with Crippen LogP contribution in [0.25, 0.3) is 0 Å². The van der Waals surface area contributed by atoms with Crippen LogP contribution in [0.5, 0.6) is 0 Å². The average Bonchev–Trinajstić information content (AvgIpc) is 3.24. The lowest BCUT2D eigenvalue weighted by Gasteiger charge is -2.40. The molecule has 3 amide bonds. The lowest BCUT2D eigenvalue weighted by molar-refractivity contribution is -0.287. The largest absolute Gasteiger partial charge is 0.381 e. The van der Waals surface area contributed by atoms with Crippen molar-refractivity contribution in [3.8, 4) is 0 Å². The number of morpholine rings is 1. The van der Waals surface area contributed by atoms with E-state index in [1.54, 1.807) is 18.2 Å². The molecule has 1 unspecified atom stereocenters. The first-order valence-corrected chi connectivity index (χ1v) is 12.0. The van der Waals surface area contributed by atoms with Gasteiger partial charge in [0.15, 0.2) is 0 Å². The van der Waals surface area contributed by atoms with E-state index < -0.39 is 34.9 Å². The molecule has 2 radical (unpaired) electrons. The van der Waals surface area contributed by atoms with E-state index in [4.69, 9.17) is 12.6 Å². The molecule has 2 saturated heterocycles. The topological polar surface area (TPSA) is 131 Å². The molecule has 10 nitrogen and oxygen atoms in total. The van der Waals surface area contributed by atoms with Gasteiger partial charge in [-0.15, -0.1) is 0 Å². The number of carbonyl (C=O) groups excluding carboxylic acids is 3. The number of rotatable bonds is 6. The molecule has 4 N–H and O–H groups in total. The second-order valence-electron chi connectivity index (χ2n) is 9.42. The van der Waals surface area contributed by atoms with E-state index >= 15 is 0 Å². The first kappa shape index (κ1) is 25.3. The standard InChI is InChI=1S/C25H26BFN4O6/c26-24(7-6-21(32)29-23(24)34)31-14-18-17(22(31)33)2-1-3-20(18)28-13-15-4-5-16(12-19(15)27)25(35,36)30-8-10-37-11-9-30/h1-5,12,28,35-36H,6-11,13-14H2,(H,29,32,34). The number of carbonyl (C=O) groups is 3. The minimum absolute atomic E-state index is 0.00924. The Kier molecular flexibility index (Phi) is 6.53. The number of piperidine rings is 1. The van der Waals surface area contributed by atoms with Gasteiger partial charge in [0, 0.05) is 60.5 Å². The Morgan fingerprint density at radius 2 is 1.92 bits per heavy atom. The summed E-state index contributed by atoms with van der Waals surface area (Å²) in [4.78, 5) is 39.8. The third-order valence-electron chi connectivity index (χ3n) is 7.19. The molecule has 5 rings (SSSR count). The summed E-state index contributed by atoms with van der Waals surface area (Å²) in [5.41, 5.74) is 0.183. The Labute approximate surface area is 213 Å². The highest BCUT2D eigenvalue weighted by Crippen LogP contribution is 2.36. The van der Waals surface area contributed by atoms with Gasteiger partial charge in [-0.1, -0.05) is 18.2 Å². The van der Waals surface area contributed by atoms with Crippen molar-refractivity contribution < 1.29 is 33.7 Å². The molecule has 12 heteroatoms. The zero-order valence-electron chi connectivity index (χ0n) is 20.0. The molecule has 1 atom stereocenters. The van der Waals surface area contributed by atoms with E-state index in [1.807, 2.05) is 0 Å². The number of benzene rings is 2. The van der Waals surface area contributed by atoms with Crippen LogP contribution in [0.15, 0.2) is 36.4 Å². The minimum Gasteiger partial charge on any atom is -0.381 e. The highest BCUT2D eigenvalue weighted by molar-refractivity contribution is 6.32. The van der Waals surface area contributed by atoms with Crippen molar-refractivity contribution in [2.75, 3.05) is 31.6 Å². The van der Waals surface area contributed by atoms with E-state index in [2.05, 4.69) is 10.6 Å². The third kappa shape index (κ3) is 4.50. The van der Waals surface area contributed by atoms with E-state index in [9.17, 15) is 29.0 Å². The molecule has 2 aromatic rings. The maximum absolute atomic E-state index is 15.0. The van der Waals surface area contributed by atoms with E-state index in [1.165, 1.54) is 21.9 Å². The van der Waals surface area contributed by atoms with Gasteiger partial charge in [-0.05, 0) is 24.6 Å². The van der Waals surface area contributed by atoms with Crippen molar-refractivity contribution in [1.29, 1.82) is 0 Å². The number of hydrogen-bond donors (Lipinski definition) is 4. The number of aliphatic hydroxyl groups is 2. The molecule has 0 saturated carbocycles. The van der Waals surface area contributed by atoms with Gasteiger partial charge in [0.25, 0.3) is 11.8 Å². The lowest BCUT2D eigenvalue weighted by atomic mass is 9.70. The number of amides is 3. The van der Waals surface area contributed by atoms with Crippen LogP contribution >= 0.6 is 0 Å². The molecule has 37 heavy (non-hydrogen) atoms. The quantitative estimate of drug-likeness (QED) is 0.246. The van der Waals surface area contributed by atoms with Crippen LogP contribution in [0.4, 0.5) is 10.1 Å². The Bertz CT molecular complexity index is 1270. The zero-order chi connectivity index (χ0) is 26.4. The molecule has 0 aromatic heterocycles. The summed E-state index contributed by atoms with van der Waals surface area (Å²) in [7, 11) is 6.30. The lowest BCUT2D eigenvalue weighted by Crippen LogP contribution is -2.63. The second kappa shape index (κ2) is 9.53. The first-order chi connectivity index (χ1) is 17.6. The highest BCUT2D eigenvalue weighted by Gasteiger charge is 2.48. The maximum Gasteiger partial charge on any atom is 0.254 e. The van der Waals surface area contributed by atoms with E-state index in [0.29, 0.717) is 43.1 Å². The Morgan fingerprint density at radius 1 is 1.16 bits per heavy atom. The van der Waals surface area contributed by atoms with Crippen LogP contribution in [0.3, 0.4) is 0 Å². The highest BCUT2D eigenvalue weighted by atomic mass is 19.1. The Balaban J connectivity index is 1.32. The maximum atomic E-state index is 15.0. The van der Waals surface area contributed by atoms with E-state index in [0.717, 1.165) is 6.07 Å². The third-order valence-corrected chi connectivity index (χ3v) is 7.19. The van der Waals surface area contributed by atoms with Crippen LogP contribution in [-0.2, 0) is 33.3 Å². The van der Waals surface area contributed by atoms with Crippen LogP contribution in [0, 0.1) is 5.82 Å². The first-order valence-electron chi connectivity index (χ1n) is 12.0. The van der Waals surface area contributed by atoms with Crippen LogP contribution < -0.4 is 10.6 Å². The van der Waals surface area contributed by atoms with Crippen molar-refractivity contribution in [2.24, 2.45) is 0 Å². The van der Waals surface area contributed by atoms with Crippen molar-refractivity contribution in [3.05, 3.63) is 64.5 Å². The number of nitrogens with zero attached hydrogens (tertiary/aromatic N) is 2. The Hall–Kier alpha value is -3.32. The van der Waals surface area contributed by atoms with Crippen molar-refractivity contribution in [1.82, 2.24) is 15.1 Å². The van der Waals surface area contributed by atoms with Gasteiger partial charge in [0.1, 0.15) is 13.7 Å². The summed E-state index contributed by atoms with van der Waals surface area (Å²) in [6.45, 7) is 1.41. The van der Waals surface area contributed by atoms with Crippen LogP contribution in [-0.4, -0.2) is 77.3 Å². The summed E-state index contributed by atoms with van der Waals surface area (Å²) in [5, 5.41) is 26.5. The minimum atomic E-state index is -2.32. The predicted molar refractivity (Wildman–Crippen MR) is 129 cm³/mol. The molecule has 0 spiro atoms. The summed E-state index contributed by atoms with van der Waals surface area (Å²) in [6.07, 6.45) is 0.0383. The fourth-order valence-electron chi connectivity index (χ4n) is 4.94. The van der Waals surface area contributed by atoms with Crippen molar-refractivity contribution >= 4 is 31.3 Å². The molecule has 0 aliphatic carbocycles.